The van der Waals surface area contributed by atoms with Crippen LogP contribution in [0.1, 0.15) is 65.4 Å². The van der Waals surface area contributed by atoms with Gasteiger partial charge in [-0.05, 0) is 37.8 Å². The first-order chi connectivity index (χ1) is 14.8. The standard InChI is InChI=1S/C23H29NO6S/c1-5-16-9-10-17(31-16)12-15(3)21(26)20-18(25)13-19(30-22(20)27)14(2)8-6-7-11-24-23(28)29-4/h7,9-11,13-15,25H,5-6,8,12H2,1-4H3,(H,24,28)/b11-7+. The van der Waals surface area contributed by atoms with Crippen LogP contribution in [0.2, 0.25) is 0 Å². The predicted molar refractivity (Wildman–Crippen MR) is 120 cm³/mol. The van der Waals surface area contributed by atoms with Gasteiger partial charge in [0.15, 0.2) is 5.78 Å². The molecule has 0 aromatic carbocycles. The number of hydrogen-bond donors (Lipinski definition) is 2. The van der Waals surface area contributed by atoms with E-state index in [-0.39, 0.29) is 17.2 Å². The van der Waals surface area contributed by atoms with E-state index in [1.54, 1.807) is 24.3 Å². The van der Waals surface area contributed by atoms with Gasteiger partial charge in [-0.1, -0.05) is 26.8 Å². The molecule has 8 heteroatoms. The summed E-state index contributed by atoms with van der Waals surface area (Å²) in [5, 5.41) is 12.8. The van der Waals surface area contributed by atoms with Gasteiger partial charge in [0.2, 0.25) is 0 Å². The van der Waals surface area contributed by atoms with E-state index in [0.29, 0.717) is 25.0 Å². The molecule has 2 rings (SSSR count). The van der Waals surface area contributed by atoms with E-state index in [1.807, 2.05) is 19.1 Å². The summed E-state index contributed by atoms with van der Waals surface area (Å²) in [7, 11) is 1.28. The van der Waals surface area contributed by atoms with Crippen molar-refractivity contribution in [3.8, 4) is 5.75 Å². The molecule has 0 bridgehead atoms. The lowest BCUT2D eigenvalue weighted by Gasteiger charge is -2.13. The zero-order valence-electron chi connectivity index (χ0n) is 18.3. The van der Waals surface area contributed by atoms with Gasteiger partial charge in [0, 0.05) is 33.9 Å². The molecule has 2 aromatic rings. The van der Waals surface area contributed by atoms with E-state index >= 15 is 0 Å². The third-order valence-corrected chi connectivity index (χ3v) is 6.23. The highest BCUT2D eigenvalue weighted by atomic mass is 32.1. The molecule has 0 aliphatic heterocycles. The number of carbonyl (C=O) groups excluding carboxylic acids is 2. The van der Waals surface area contributed by atoms with Gasteiger partial charge >= 0.3 is 11.7 Å². The molecular formula is C23H29NO6S. The number of nitrogens with one attached hydrogen (secondary N) is 1. The largest absolute Gasteiger partial charge is 0.507 e. The molecule has 2 unspecified atom stereocenters. The van der Waals surface area contributed by atoms with Gasteiger partial charge in [0.05, 0.1) is 7.11 Å². The fourth-order valence-corrected chi connectivity index (χ4v) is 4.18. The van der Waals surface area contributed by atoms with Crippen molar-refractivity contribution in [3.63, 3.8) is 0 Å². The molecule has 7 nitrogen and oxygen atoms in total. The molecule has 1 amide bonds. The van der Waals surface area contributed by atoms with Crippen LogP contribution in [0.15, 0.2) is 39.7 Å². The van der Waals surface area contributed by atoms with Gasteiger partial charge in [0.25, 0.3) is 0 Å². The highest BCUT2D eigenvalue weighted by Crippen LogP contribution is 2.27. The van der Waals surface area contributed by atoms with Crippen LogP contribution in [0.4, 0.5) is 4.79 Å². The topological polar surface area (TPSA) is 106 Å². The second kappa shape index (κ2) is 11.5. The summed E-state index contributed by atoms with van der Waals surface area (Å²) in [5.41, 5.74) is -1.11. The van der Waals surface area contributed by atoms with Crippen molar-refractivity contribution in [1.82, 2.24) is 5.32 Å². The van der Waals surface area contributed by atoms with E-state index < -0.39 is 23.4 Å². The van der Waals surface area contributed by atoms with Gasteiger partial charge in [-0.15, -0.1) is 11.3 Å². The van der Waals surface area contributed by atoms with Crippen LogP contribution in [-0.4, -0.2) is 24.1 Å². The van der Waals surface area contributed by atoms with Crippen molar-refractivity contribution in [1.29, 1.82) is 0 Å². The van der Waals surface area contributed by atoms with E-state index in [1.165, 1.54) is 24.3 Å². The SMILES string of the molecule is CCc1ccc(CC(C)C(=O)c2c(O)cc(C(C)CC/C=C/NC(=O)OC)oc2=O)s1. The Morgan fingerprint density at radius 3 is 2.61 bits per heavy atom. The average Bonchev–Trinajstić information content (AvgIpc) is 3.19. The summed E-state index contributed by atoms with van der Waals surface area (Å²) in [6.07, 6.45) is 5.34. The van der Waals surface area contributed by atoms with Gasteiger partial charge in [-0.25, -0.2) is 9.59 Å². The van der Waals surface area contributed by atoms with E-state index in [9.17, 15) is 19.5 Å². The van der Waals surface area contributed by atoms with Crippen LogP contribution >= 0.6 is 11.3 Å². The molecule has 0 saturated heterocycles. The van der Waals surface area contributed by atoms with Gasteiger partial charge in [0.1, 0.15) is 17.1 Å². The normalized spacial score (nSPS) is 13.2. The molecule has 0 fully saturated rings. The third kappa shape index (κ3) is 6.82. The van der Waals surface area contributed by atoms with Crippen molar-refractivity contribution in [2.24, 2.45) is 5.92 Å². The molecule has 2 heterocycles. The molecule has 0 aliphatic rings. The lowest BCUT2D eigenvalue weighted by atomic mass is 9.95. The van der Waals surface area contributed by atoms with Crippen LogP contribution in [0.25, 0.3) is 0 Å². The zero-order chi connectivity index (χ0) is 23.0. The van der Waals surface area contributed by atoms with Crippen molar-refractivity contribution in [2.75, 3.05) is 7.11 Å². The van der Waals surface area contributed by atoms with Crippen molar-refractivity contribution in [3.05, 3.63) is 62.0 Å². The Labute approximate surface area is 185 Å². The fraction of sp³-hybridized carbons (Fsp3) is 0.435. The first-order valence-electron chi connectivity index (χ1n) is 10.2. The molecule has 0 radical (unpaired) electrons. The first kappa shape index (κ1) is 24.4. The second-order valence-electron chi connectivity index (χ2n) is 7.40. The van der Waals surface area contributed by atoms with Crippen LogP contribution in [-0.2, 0) is 17.6 Å². The van der Waals surface area contributed by atoms with E-state index in [4.69, 9.17) is 4.42 Å². The number of carbonyl (C=O) groups is 2. The Balaban J connectivity index is 2.04. The summed E-state index contributed by atoms with van der Waals surface area (Å²) < 4.78 is 9.81. The molecule has 31 heavy (non-hydrogen) atoms. The van der Waals surface area contributed by atoms with Gasteiger partial charge in [-0.3, -0.25) is 10.1 Å². The molecule has 0 saturated carbocycles. The molecular weight excluding hydrogens is 418 g/mol. The summed E-state index contributed by atoms with van der Waals surface area (Å²) in [6, 6.07) is 5.39. The number of rotatable bonds is 10. The van der Waals surface area contributed by atoms with Crippen molar-refractivity contribution < 1.29 is 23.8 Å². The summed E-state index contributed by atoms with van der Waals surface area (Å²) in [5.74, 6) is -1.08. The Bertz CT molecular complexity index is 990. The lowest BCUT2D eigenvalue weighted by Crippen LogP contribution is -2.22. The fourth-order valence-electron chi connectivity index (χ4n) is 3.09. The minimum atomic E-state index is -0.818. The smallest absolute Gasteiger partial charge is 0.410 e. The van der Waals surface area contributed by atoms with Crippen LogP contribution in [0.3, 0.4) is 0 Å². The third-order valence-electron chi connectivity index (χ3n) is 4.97. The number of aromatic hydroxyl groups is 1. The molecule has 0 spiro atoms. The van der Waals surface area contributed by atoms with E-state index in [0.717, 1.165) is 11.3 Å². The maximum atomic E-state index is 12.8. The van der Waals surface area contributed by atoms with Gasteiger partial charge < -0.3 is 14.3 Å². The van der Waals surface area contributed by atoms with Crippen LogP contribution in [0.5, 0.6) is 5.75 Å². The number of Topliss-reactive ketones (excluding diaryl/α,β-unsaturated/α-hetero) is 1. The zero-order valence-corrected chi connectivity index (χ0v) is 19.1. The maximum Gasteiger partial charge on any atom is 0.410 e. The number of amides is 1. The summed E-state index contributed by atoms with van der Waals surface area (Å²) >= 11 is 1.65. The Hall–Kier alpha value is -2.87. The van der Waals surface area contributed by atoms with E-state index in [2.05, 4.69) is 17.0 Å². The molecule has 2 N–H and O–H groups in total. The minimum Gasteiger partial charge on any atom is -0.507 e. The number of ketones is 1. The predicted octanol–water partition coefficient (Wildman–Crippen LogP) is 4.78. The maximum absolute atomic E-state index is 12.8. The monoisotopic (exact) mass is 447 g/mol. The van der Waals surface area contributed by atoms with Crippen LogP contribution in [0, 0.1) is 5.92 Å². The molecule has 168 valence electrons. The highest BCUT2D eigenvalue weighted by Gasteiger charge is 2.25. The molecule has 2 atom stereocenters. The Morgan fingerprint density at radius 1 is 1.29 bits per heavy atom. The lowest BCUT2D eigenvalue weighted by molar-refractivity contribution is 0.0922. The van der Waals surface area contributed by atoms with Crippen molar-refractivity contribution in [2.45, 2.75) is 52.4 Å². The quantitative estimate of drug-likeness (QED) is 0.508. The number of hydrogen-bond acceptors (Lipinski definition) is 7. The van der Waals surface area contributed by atoms with Crippen molar-refractivity contribution >= 4 is 23.2 Å². The average molecular weight is 448 g/mol. The summed E-state index contributed by atoms with van der Waals surface area (Å²) in [6.45, 7) is 5.68. The number of ether oxygens (including phenoxy) is 1. The number of alkyl carbamates (subject to hydrolysis) is 1. The molecule has 0 aliphatic carbocycles. The Morgan fingerprint density at radius 2 is 2.00 bits per heavy atom. The summed E-state index contributed by atoms with van der Waals surface area (Å²) in [4.78, 5) is 38.6. The first-order valence-corrected chi connectivity index (χ1v) is 11.1. The number of thiophene rings is 1. The minimum absolute atomic E-state index is 0.165. The highest BCUT2D eigenvalue weighted by molar-refractivity contribution is 7.12. The van der Waals surface area contributed by atoms with Crippen LogP contribution < -0.4 is 10.9 Å². The second-order valence-corrected chi connectivity index (χ2v) is 8.66. The Kier molecular flexibility index (Phi) is 9.05. The number of aryl methyl sites for hydroxylation is 1. The molecule has 2 aromatic heterocycles. The number of methoxy groups -OCH3 is 1. The number of allylic oxidation sites excluding steroid dienone is 1. The van der Waals surface area contributed by atoms with Gasteiger partial charge in [-0.2, -0.15) is 0 Å².